The fourth-order valence-corrected chi connectivity index (χ4v) is 4.30. The number of amides is 2. The fourth-order valence-electron chi connectivity index (χ4n) is 4.06. The van der Waals surface area contributed by atoms with Crippen molar-refractivity contribution in [2.24, 2.45) is 0 Å². The molecule has 2 aromatic rings. The van der Waals surface area contributed by atoms with Gasteiger partial charge in [-0.1, -0.05) is 11.6 Å². The Hall–Kier alpha value is -3.06. The maximum atomic E-state index is 14.3. The summed E-state index contributed by atoms with van der Waals surface area (Å²) in [6.45, 7) is -0.902. The Bertz CT molecular complexity index is 1140. The Morgan fingerprint density at radius 2 is 1.94 bits per heavy atom. The van der Waals surface area contributed by atoms with Crippen LogP contribution in [0.15, 0.2) is 36.5 Å². The van der Waals surface area contributed by atoms with Gasteiger partial charge in [-0.05, 0) is 42.3 Å². The molecule has 2 amide bonds. The zero-order valence-electron chi connectivity index (χ0n) is 17.6. The van der Waals surface area contributed by atoms with E-state index < -0.39 is 64.7 Å². The summed E-state index contributed by atoms with van der Waals surface area (Å²) in [5.41, 5.74) is -2.32. The summed E-state index contributed by atoms with van der Waals surface area (Å²) >= 11 is 5.75. The molecule has 2 unspecified atom stereocenters. The first-order valence-electron chi connectivity index (χ1n) is 10.2. The maximum absolute atomic E-state index is 14.3. The summed E-state index contributed by atoms with van der Waals surface area (Å²) in [6, 6.07) is 3.71. The van der Waals surface area contributed by atoms with Crippen LogP contribution in [0.3, 0.4) is 0 Å². The van der Waals surface area contributed by atoms with Crippen LogP contribution in [0.25, 0.3) is 0 Å². The van der Waals surface area contributed by atoms with Crippen molar-refractivity contribution in [3.05, 3.63) is 58.2 Å². The van der Waals surface area contributed by atoms with Crippen LogP contribution in [0, 0.1) is 0 Å². The molecular weight excluding hydrogens is 506 g/mol. The van der Waals surface area contributed by atoms with E-state index in [1.54, 1.807) is 0 Å². The van der Waals surface area contributed by atoms with Gasteiger partial charge in [0.15, 0.2) is 0 Å². The molecule has 1 aromatic carbocycles. The highest BCUT2D eigenvalue weighted by atomic mass is 35.5. The number of alkyl halides is 6. The van der Waals surface area contributed by atoms with Gasteiger partial charge >= 0.3 is 12.4 Å². The summed E-state index contributed by atoms with van der Waals surface area (Å²) in [6.07, 6.45) is -9.13. The Morgan fingerprint density at radius 3 is 2.51 bits per heavy atom. The standard InChI is InChI=1S/C21H17ClF6N4O3/c22-14-6-12(5-13(7-14)20(23,24)25)19(21(26,27)28)3-4-32(10-19)16-2-1-11(8-29-16)17(33)30-15-9-35-31-18(15)34/h1-2,5-8,15H,3-4,9-10H2,(H,30,33)(H,31,34). The molecule has 2 atom stereocenters. The molecule has 0 radical (unpaired) electrons. The van der Waals surface area contributed by atoms with Crippen molar-refractivity contribution in [2.45, 2.75) is 30.2 Å². The van der Waals surface area contributed by atoms with Gasteiger partial charge in [-0.3, -0.25) is 14.4 Å². The van der Waals surface area contributed by atoms with Crippen molar-refractivity contribution < 1.29 is 40.8 Å². The lowest BCUT2D eigenvalue weighted by Gasteiger charge is -2.33. The molecule has 1 aromatic heterocycles. The molecule has 4 rings (SSSR count). The average Bonchev–Trinajstić information content (AvgIpc) is 3.40. The number of benzene rings is 1. The second-order valence-corrected chi connectivity index (χ2v) is 8.62. The minimum absolute atomic E-state index is 0.0550. The molecule has 2 fully saturated rings. The van der Waals surface area contributed by atoms with Crippen LogP contribution in [-0.2, 0) is 21.2 Å². The van der Waals surface area contributed by atoms with Crippen molar-refractivity contribution in [3.8, 4) is 0 Å². The molecule has 2 aliphatic rings. The van der Waals surface area contributed by atoms with Crippen LogP contribution in [0.2, 0.25) is 5.02 Å². The SMILES string of the molecule is O=C(NC1CONC1=O)c1ccc(N2CCC(c3cc(Cl)cc(C(F)(F)F)c3)(C(F)(F)F)C2)nc1. The first-order valence-corrected chi connectivity index (χ1v) is 10.6. The highest BCUT2D eigenvalue weighted by molar-refractivity contribution is 6.30. The van der Waals surface area contributed by atoms with Gasteiger partial charge in [-0.2, -0.15) is 26.3 Å². The summed E-state index contributed by atoms with van der Waals surface area (Å²) in [5, 5.41) is 1.98. The van der Waals surface area contributed by atoms with E-state index in [1.807, 2.05) is 0 Å². The van der Waals surface area contributed by atoms with Gasteiger partial charge in [0.1, 0.15) is 23.9 Å². The lowest BCUT2D eigenvalue weighted by atomic mass is 9.78. The first kappa shape index (κ1) is 25.0. The van der Waals surface area contributed by atoms with Crippen LogP contribution < -0.4 is 15.7 Å². The van der Waals surface area contributed by atoms with Gasteiger partial charge in [-0.25, -0.2) is 10.5 Å². The number of anilines is 1. The molecule has 0 spiro atoms. The smallest absolute Gasteiger partial charge is 0.355 e. The topological polar surface area (TPSA) is 83.6 Å². The predicted octanol–water partition coefficient (Wildman–Crippen LogP) is 3.62. The molecule has 0 aliphatic carbocycles. The Morgan fingerprint density at radius 1 is 1.20 bits per heavy atom. The highest BCUT2D eigenvalue weighted by Gasteiger charge is 2.59. The second-order valence-electron chi connectivity index (χ2n) is 8.19. The summed E-state index contributed by atoms with van der Waals surface area (Å²) in [4.78, 5) is 33.8. The quantitative estimate of drug-likeness (QED) is 0.599. The minimum atomic E-state index is -4.88. The van der Waals surface area contributed by atoms with Gasteiger partial charge in [0.25, 0.3) is 11.8 Å². The van der Waals surface area contributed by atoms with Crippen molar-refractivity contribution >= 4 is 29.2 Å². The van der Waals surface area contributed by atoms with Crippen molar-refractivity contribution in [1.82, 2.24) is 15.8 Å². The van der Waals surface area contributed by atoms with Gasteiger partial charge in [0.2, 0.25) is 0 Å². The molecule has 14 heteroatoms. The van der Waals surface area contributed by atoms with E-state index in [9.17, 15) is 35.9 Å². The molecular formula is C21H17ClF6N4O3. The molecule has 2 aliphatic heterocycles. The van der Waals surface area contributed by atoms with E-state index in [2.05, 4.69) is 15.8 Å². The van der Waals surface area contributed by atoms with Gasteiger partial charge in [0.05, 0.1) is 11.1 Å². The molecule has 188 valence electrons. The number of nitrogens with zero attached hydrogens (tertiary/aromatic N) is 2. The number of rotatable bonds is 4. The van der Waals surface area contributed by atoms with Crippen molar-refractivity contribution in [1.29, 1.82) is 0 Å². The molecule has 35 heavy (non-hydrogen) atoms. The Kier molecular flexibility index (Phi) is 6.34. The van der Waals surface area contributed by atoms with Gasteiger partial charge in [-0.15, -0.1) is 0 Å². The zero-order chi connectivity index (χ0) is 25.6. The largest absolute Gasteiger partial charge is 0.416 e. The normalized spacial score (nSPS) is 22.9. The number of hydrogen-bond donors (Lipinski definition) is 2. The van der Waals surface area contributed by atoms with Gasteiger partial charge < -0.3 is 10.2 Å². The molecule has 3 heterocycles. The van der Waals surface area contributed by atoms with E-state index in [0.29, 0.717) is 12.1 Å². The van der Waals surface area contributed by atoms with Gasteiger partial charge in [0, 0.05) is 24.3 Å². The predicted molar refractivity (Wildman–Crippen MR) is 111 cm³/mol. The number of carbonyl (C=O) groups is 2. The minimum Gasteiger partial charge on any atom is -0.355 e. The van der Waals surface area contributed by atoms with Crippen LogP contribution in [0.1, 0.15) is 27.9 Å². The number of hydroxylamine groups is 1. The number of halogens is 7. The molecule has 2 N–H and O–H groups in total. The Labute approximate surface area is 199 Å². The Balaban J connectivity index is 1.57. The molecule has 0 saturated carbocycles. The number of nitrogens with one attached hydrogen (secondary N) is 2. The summed E-state index contributed by atoms with van der Waals surface area (Å²) in [5.74, 6) is -1.06. The third kappa shape index (κ3) is 4.87. The fraction of sp³-hybridized carbons (Fsp3) is 0.381. The van der Waals surface area contributed by atoms with Crippen molar-refractivity contribution in [3.63, 3.8) is 0 Å². The number of aromatic nitrogens is 1. The third-order valence-corrected chi connectivity index (χ3v) is 6.19. The number of carbonyl (C=O) groups excluding carboxylic acids is 2. The van der Waals surface area contributed by atoms with E-state index in [-0.39, 0.29) is 24.5 Å². The first-order chi connectivity index (χ1) is 16.3. The monoisotopic (exact) mass is 522 g/mol. The van der Waals surface area contributed by atoms with Crippen LogP contribution >= 0.6 is 11.6 Å². The van der Waals surface area contributed by atoms with E-state index >= 15 is 0 Å². The zero-order valence-corrected chi connectivity index (χ0v) is 18.4. The van der Waals surface area contributed by atoms with Crippen LogP contribution in [-0.4, -0.2) is 48.7 Å². The lowest BCUT2D eigenvalue weighted by molar-refractivity contribution is -0.184. The van der Waals surface area contributed by atoms with Crippen LogP contribution in [0.4, 0.5) is 32.2 Å². The highest BCUT2D eigenvalue weighted by Crippen LogP contribution is 2.49. The number of pyridine rings is 1. The summed E-state index contributed by atoms with van der Waals surface area (Å²) < 4.78 is 82.5. The average molecular weight is 523 g/mol. The van der Waals surface area contributed by atoms with E-state index in [1.165, 1.54) is 17.0 Å². The van der Waals surface area contributed by atoms with Crippen LogP contribution in [0.5, 0.6) is 0 Å². The molecule has 2 saturated heterocycles. The van der Waals surface area contributed by atoms with E-state index in [0.717, 1.165) is 12.3 Å². The third-order valence-electron chi connectivity index (χ3n) is 5.97. The number of hydrogen-bond acceptors (Lipinski definition) is 5. The van der Waals surface area contributed by atoms with Crippen molar-refractivity contribution in [2.75, 3.05) is 24.6 Å². The summed E-state index contributed by atoms with van der Waals surface area (Å²) in [7, 11) is 0. The molecule has 7 nitrogen and oxygen atoms in total. The molecule has 0 bridgehead atoms. The maximum Gasteiger partial charge on any atom is 0.416 e. The lowest BCUT2D eigenvalue weighted by Crippen LogP contribution is -2.45. The second kappa shape index (κ2) is 8.86. The van der Waals surface area contributed by atoms with E-state index in [4.69, 9.17) is 16.4 Å².